The summed E-state index contributed by atoms with van der Waals surface area (Å²) in [4.78, 5) is 13.7. The van der Waals surface area contributed by atoms with Gasteiger partial charge in [0.25, 0.3) is 5.91 Å². The van der Waals surface area contributed by atoms with Gasteiger partial charge in [-0.25, -0.2) is 8.42 Å². The Hall–Kier alpha value is -3.28. The van der Waals surface area contributed by atoms with E-state index in [-0.39, 0.29) is 23.5 Å². The van der Waals surface area contributed by atoms with Crippen LogP contribution < -0.4 is 14.8 Å². The van der Waals surface area contributed by atoms with Gasteiger partial charge >= 0.3 is 6.36 Å². The van der Waals surface area contributed by atoms with Crippen LogP contribution in [0.3, 0.4) is 0 Å². The Bertz CT molecular complexity index is 1860. The van der Waals surface area contributed by atoms with E-state index >= 15 is 0 Å². The van der Waals surface area contributed by atoms with Gasteiger partial charge in [-0.15, -0.1) is 24.5 Å². The van der Waals surface area contributed by atoms with E-state index in [2.05, 4.69) is 10.1 Å². The Morgan fingerprint density at radius 2 is 1.57 bits per heavy atom. The van der Waals surface area contributed by atoms with Crippen LogP contribution in [0.1, 0.15) is 66.9 Å². The number of halogens is 4. The molecule has 0 radical (unpaired) electrons. The standard InChI is InChI=1S/C32H31ClF3NO5S2/c1-30(2,21-14-25(41-24-7-8-24)17-26(15-21)42-32(34,35)36)20-12-22(33)16-23(13-20)37-29(38)28-11-18-10-19(6-9-27(18)43-28)31(3,4)44(5,39)40/h6,9-17,24H,7-8H2,1-5H3,(H,37,38). The largest absolute Gasteiger partial charge is 0.573 e. The highest BCUT2D eigenvalue weighted by Gasteiger charge is 2.34. The Labute approximate surface area is 263 Å². The number of amides is 1. The minimum atomic E-state index is -4.87. The minimum Gasteiger partial charge on any atom is -0.490 e. The molecule has 0 atom stereocenters. The molecule has 1 aliphatic rings. The summed E-state index contributed by atoms with van der Waals surface area (Å²) in [7, 11) is -3.38. The second-order valence-electron chi connectivity index (χ2n) is 12.0. The lowest BCUT2D eigenvalue weighted by Gasteiger charge is -2.28. The fourth-order valence-corrected chi connectivity index (χ4v) is 6.43. The highest BCUT2D eigenvalue weighted by molar-refractivity contribution is 7.91. The molecular formula is C32H31ClF3NO5S2. The van der Waals surface area contributed by atoms with Gasteiger partial charge in [-0.05, 0) is 97.3 Å². The molecule has 44 heavy (non-hydrogen) atoms. The molecule has 0 saturated heterocycles. The SMILES string of the molecule is CC(C)(c1cc(Cl)cc(NC(=O)c2cc3cc(C(C)(C)S(C)(=O)=O)ccc3s2)c1)c1cc(OC2CC2)cc(OC(F)(F)F)c1. The summed E-state index contributed by atoms with van der Waals surface area (Å²) >= 11 is 7.73. The van der Waals surface area contributed by atoms with E-state index in [0.717, 1.165) is 22.9 Å². The van der Waals surface area contributed by atoms with E-state index < -0.39 is 26.4 Å². The molecule has 1 heterocycles. The Morgan fingerprint density at radius 1 is 0.909 bits per heavy atom. The van der Waals surface area contributed by atoms with Crippen molar-refractivity contribution in [2.75, 3.05) is 11.6 Å². The molecule has 234 valence electrons. The lowest BCUT2D eigenvalue weighted by atomic mass is 9.78. The van der Waals surface area contributed by atoms with Gasteiger partial charge in [0.05, 0.1) is 15.7 Å². The molecule has 4 aromatic rings. The Balaban J connectivity index is 1.43. The van der Waals surface area contributed by atoms with Gasteiger partial charge in [0, 0.05) is 33.1 Å². The summed E-state index contributed by atoms with van der Waals surface area (Å²) in [5.41, 5.74) is 1.31. The Kier molecular flexibility index (Phi) is 8.22. The maximum Gasteiger partial charge on any atom is 0.573 e. The number of anilines is 1. The number of benzene rings is 3. The summed E-state index contributed by atoms with van der Waals surface area (Å²) in [6.45, 7) is 6.95. The van der Waals surface area contributed by atoms with Crippen molar-refractivity contribution < 1.29 is 35.9 Å². The molecule has 0 bridgehead atoms. The number of alkyl halides is 3. The summed E-state index contributed by atoms with van der Waals surface area (Å²) in [6, 6.07) is 16.3. The summed E-state index contributed by atoms with van der Waals surface area (Å²) in [6.07, 6.45) is -2.05. The number of thiophene rings is 1. The van der Waals surface area contributed by atoms with Gasteiger partial charge in [-0.3, -0.25) is 4.79 Å². The number of carbonyl (C=O) groups excluding carboxylic acids is 1. The van der Waals surface area contributed by atoms with Crippen molar-refractivity contribution in [3.8, 4) is 11.5 Å². The molecular weight excluding hydrogens is 635 g/mol. The predicted molar refractivity (Wildman–Crippen MR) is 168 cm³/mol. The zero-order chi connectivity index (χ0) is 32.2. The van der Waals surface area contributed by atoms with E-state index in [1.807, 2.05) is 13.8 Å². The molecule has 6 nitrogen and oxygen atoms in total. The van der Waals surface area contributed by atoms with Crippen LogP contribution in [-0.2, 0) is 20.0 Å². The maximum absolute atomic E-state index is 13.3. The van der Waals surface area contributed by atoms with Crippen molar-refractivity contribution >= 4 is 54.5 Å². The van der Waals surface area contributed by atoms with E-state index in [0.29, 0.717) is 32.3 Å². The molecule has 0 aliphatic heterocycles. The third-order valence-electron chi connectivity index (χ3n) is 7.90. The fourth-order valence-electron chi connectivity index (χ4n) is 4.70. The van der Waals surface area contributed by atoms with Crippen LogP contribution in [0.25, 0.3) is 10.1 Å². The van der Waals surface area contributed by atoms with Gasteiger partial charge in [0.1, 0.15) is 11.5 Å². The van der Waals surface area contributed by atoms with Crippen molar-refractivity contribution in [3.05, 3.63) is 87.3 Å². The van der Waals surface area contributed by atoms with Crippen molar-refractivity contribution in [1.29, 1.82) is 0 Å². The minimum absolute atomic E-state index is 0.0354. The average Bonchev–Trinajstić information content (AvgIpc) is 3.60. The molecule has 3 aromatic carbocycles. The first-order chi connectivity index (χ1) is 20.3. The van der Waals surface area contributed by atoms with Gasteiger partial charge in [0.15, 0.2) is 9.84 Å². The van der Waals surface area contributed by atoms with Crippen LogP contribution in [0.15, 0.2) is 60.7 Å². The normalized spacial score (nSPS) is 14.5. The number of rotatable bonds is 9. The summed E-state index contributed by atoms with van der Waals surface area (Å²) < 4.78 is 73.8. The first-order valence-electron chi connectivity index (χ1n) is 13.8. The molecule has 1 aliphatic carbocycles. The van der Waals surface area contributed by atoms with Gasteiger partial charge < -0.3 is 14.8 Å². The van der Waals surface area contributed by atoms with Gasteiger partial charge in [0.2, 0.25) is 0 Å². The smallest absolute Gasteiger partial charge is 0.490 e. The van der Waals surface area contributed by atoms with E-state index in [4.69, 9.17) is 16.3 Å². The van der Waals surface area contributed by atoms with Crippen molar-refractivity contribution in [1.82, 2.24) is 0 Å². The third kappa shape index (κ3) is 7.00. The first-order valence-corrected chi connectivity index (χ1v) is 16.8. The first kappa shape index (κ1) is 32.1. The van der Waals surface area contributed by atoms with Gasteiger partial charge in [-0.1, -0.05) is 31.5 Å². The molecule has 1 aromatic heterocycles. The lowest BCUT2D eigenvalue weighted by molar-refractivity contribution is -0.274. The van der Waals surface area contributed by atoms with Crippen LogP contribution in [0.5, 0.6) is 11.5 Å². The number of fused-ring (bicyclic) bond motifs is 1. The molecule has 1 saturated carbocycles. The fraction of sp³-hybridized carbons (Fsp3) is 0.344. The van der Waals surface area contributed by atoms with Crippen LogP contribution in [0.2, 0.25) is 5.02 Å². The molecule has 12 heteroatoms. The number of ether oxygens (including phenoxy) is 2. The number of hydrogen-bond donors (Lipinski definition) is 1. The topological polar surface area (TPSA) is 81.7 Å². The number of carbonyl (C=O) groups is 1. The zero-order valence-corrected chi connectivity index (χ0v) is 27.0. The molecule has 5 rings (SSSR count). The molecule has 1 fully saturated rings. The molecule has 1 amide bonds. The average molecular weight is 666 g/mol. The van der Waals surface area contributed by atoms with Crippen LogP contribution >= 0.6 is 22.9 Å². The Morgan fingerprint density at radius 3 is 2.20 bits per heavy atom. The predicted octanol–water partition coefficient (Wildman–Crippen LogP) is 8.85. The van der Waals surface area contributed by atoms with E-state index in [1.165, 1.54) is 29.7 Å². The number of hydrogen-bond acceptors (Lipinski definition) is 6. The number of nitrogens with one attached hydrogen (secondary N) is 1. The highest BCUT2D eigenvalue weighted by atomic mass is 35.5. The molecule has 0 spiro atoms. The van der Waals surface area contributed by atoms with Crippen molar-refractivity contribution in [3.63, 3.8) is 0 Å². The second-order valence-corrected chi connectivity index (χ2v) is 16.1. The van der Waals surface area contributed by atoms with Crippen LogP contribution in [0, 0.1) is 0 Å². The summed E-state index contributed by atoms with van der Waals surface area (Å²) in [5.74, 6) is -0.496. The quantitative estimate of drug-likeness (QED) is 0.193. The highest BCUT2D eigenvalue weighted by Crippen LogP contribution is 2.41. The number of sulfone groups is 1. The monoisotopic (exact) mass is 665 g/mol. The molecule has 1 N–H and O–H groups in total. The third-order valence-corrected chi connectivity index (χ3v) is 11.3. The maximum atomic E-state index is 13.3. The van der Waals surface area contributed by atoms with E-state index in [1.54, 1.807) is 62.4 Å². The van der Waals surface area contributed by atoms with Gasteiger partial charge in [-0.2, -0.15) is 0 Å². The lowest BCUT2D eigenvalue weighted by Crippen LogP contribution is -2.27. The van der Waals surface area contributed by atoms with Crippen molar-refractivity contribution in [2.45, 2.75) is 63.2 Å². The van der Waals surface area contributed by atoms with Crippen LogP contribution in [-0.4, -0.2) is 33.0 Å². The summed E-state index contributed by atoms with van der Waals surface area (Å²) in [5, 5.41) is 3.94. The molecule has 0 unspecified atom stereocenters. The second kappa shape index (κ2) is 11.3. The zero-order valence-electron chi connectivity index (χ0n) is 24.6. The van der Waals surface area contributed by atoms with Crippen LogP contribution in [0.4, 0.5) is 18.9 Å². The van der Waals surface area contributed by atoms with Crippen molar-refractivity contribution in [2.24, 2.45) is 0 Å². The van der Waals surface area contributed by atoms with E-state index in [9.17, 15) is 26.4 Å².